The lowest BCUT2D eigenvalue weighted by molar-refractivity contribution is -0.121. The number of ether oxygens (including phenoxy) is 6. The Morgan fingerprint density at radius 1 is 0.781 bits per heavy atom. The lowest BCUT2D eigenvalue weighted by Crippen LogP contribution is -2.17. The van der Waals surface area contributed by atoms with E-state index in [9.17, 15) is 14.4 Å². The molecular formula is C23H34O9. The molecule has 1 aromatic rings. The van der Waals surface area contributed by atoms with E-state index in [1.54, 1.807) is 0 Å². The highest BCUT2D eigenvalue weighted by atomic mass is 16.5. The summed E-state index contributed by atoms with van der Waals surface area (Å²) in [4.78, 5) is 36.1. The van der Waals surface area contributed by atoms with Gasteiger partial charge in [0.05, 0.1) is 46.2 Å². The minimum absolute atomic E-state index is 0.0129. The summed E-state index contributed by atoms with van der Waals surface area (Å²) < 4.78 is 31.1. The van der Waals surface area contributed by atoms with Crippen LogP contribution in [0.15, 0.2) is 18.2 Å². The molecule has 0 aliphatic heterocycles. The van der Waals surface area contributed by atoms with Gasteiger partial charge in [0, 0.05) is 19.6 Å². The molecule has 0 bridgehead atoms. The minimum Gasteiger partial charge on any atom is -0.485 e. The summed E-state index contributed by atoms with van der Waals surface area (Å²) >= 11 is 0. The summed E-state index contributed by atoms with van der Waals surface area (Å²) in [6, 6.07) is 4.47. The van der Waals surface area contributed by atoms with Gasteiger partial charge in [-0.1, -0.05) is 13.0 Å². The topological polar surface area (TPSA) is 107 Å². The number of carbonyl (C=O) groups is 3. The molecular weight excluding hydrogens is 420 g/mol. The third-order valence-electron chi connectivity index (χ3n) is 4.30. The van der Waals surface area contributed by atoms with Crippen LogP contribution in [0.3, 0.4) is 0 Å². The van der Waals surface area contributed by atoms with E-state index in [2.05, 4.69) is 11.7 Å². The first-order valence-corrected chi connectivity index (χ1v) is 10.7. The molecule has 180 valence electrons. The highest BCUT2D eigenvalue weighted by molar-refractivity contribution is 6.05. The van der Waals surface area contributed by atoms with Gasteiger partial charge in [-0.15, -0.1) is 0 Å². The zero-order chi connectivity index (χ0) is 23.6. The molecule has 1 rings (SSSR count). The molecule has 0 fully saturated rings. The molecule has 0 amide bonds. The van der Waals surface area contributed by atoms with Gasteiger partial charge in [-0.2, -0.15) is 0 Å². The largest absolute Gasteiger partial charge is 0.485 e. The summed E-state index contributed by atoms with van der Waals surface area (Å²) in [7, 11) is 2.41. The fourth-order valence-electron chi connectivity index (χ4n) is 2.69. The summed E-state index contributed by atoms with van der Waals surface area (Å²) in [6.07, 6.45) is 2.70. The van der Waals surface area contributed by atoms with Crippen molar-refractivity contribution in [3.8, 4) is 5.75 Å². The Morgan fingerprint density at radius 3 is 2.03 bits per heavy atom. The van der Waals surface area contributed by atoms with E-state index in [4.69, 9.17) is 23.7 Å². The van der Waals surface area contributed by atoms with Crippen molar-refractivity contribution in [2.24, 2.45) is 0 Å². The normalized spacial score (nSPS) is 10.6. The van der Waals surface area contributed by atoms with Crippen LogP contribution in [0.1, 0.15) is 53.3 Å². The van der Waals surface area contributed by atoms with E-state index in [1.807, 2.05) is 0 Å². The van der Waals surface area contributed by atoms with Crippen LogP contribution in [0.5, 0.6) is 5.75 Å². The second-order valence-corrected chi connectivity index (χ2v) is 6.78. The quantitative estimate of drug-likeness (QED) is 0.244. The Hall–Kier alpha value is -2.49. The molecule has 0 aliphatic carbocycles. The first-order valence-electron chi connectivity index (χ1n) is 10.7. The monoisotopic (exact) mass is 454 g/mol. The third-order valence-corrected chi connectivity index (χ3v) is 4.30. The average molecular weight is 455 g/mol. The first kappa shape index (κ1) is 27.5. The first-order chi connectivity index (χ1) is 15.5. The van der Waals surface area contributed by atoms with Crippen molar-refractivity contribution in [2.75, 3.05) is 60.5 Å². The number of methoxy groups -OCH3 is 2. The van der Waals surface area contributed by atoms with Crippen LogP contribution < -0.4 is 4.74 Å². The number of rotatable bonds is 18. The molecule has 9 nitrogen and oxygen atoms in total. The Labute approximate surface area is 189 Å². The van der Waals surface area contributed by atoms with Crippen molar-refractivity contribution in [1.82, 2.24) is 0 Å². The van der Waals surface area contributed by atoms with Crippen molar-refractivity contribution < 1.29 is 42.8 Å². The number of ketones is 1. The van der Waals surface area contributed by atoms with E-state index in [-0.39, 0.29) is 29.3 Å². The molecule has 0 aromatic heterocycles. The van der Waals surface area contributed by atoms with Crippen LogP contribution in [-0.2, 0) is 28.5 Å². The van der Waals surface area contributed by atoms with E-state index in [0.29, 0.717) is 45.9 Å². The maximum atomic E-state index is 12.1. The smallest absolute Gasteiger partial charge is 0.342 e. The number of Topliss-reactive ketones (excluding diaryl/α,β-unsaturated/α-hetero) is 1. The van der Waals surface area contributed by atoms with Crippen LogP contribution >= 0.6 is 0 Å². The molecule has 0 unspecified atom stereocenters. The van der Waals surface area contributed by atoms with E-state index in [1.165, 1.54) is 32.4 Å². The van der Waals surface area contributed by atoms with Crippen LogP contribution in [0.4, 0.5) is 0 Å². The lowest BCUT2D eigenvalue weighted by atomic mass is 10.1. The second kappa shape index (κ2) is 17.1. The van der Waals surface area contributed by atoms with Gasteiger partial charge in [0.15, 0.2) is 5.78 Å². The third kappa shape index (κ3) is 10.7. The number of hydrogen-bond acceptors (Lipinski definition) is 9. The fourth-order valence-corrected chi connectivity index (χ4v) is 2.69. The van der Waals surface area contributed by atoms with Crippen molar-refractivity contribution in [3.05, 3.63) is 29.3 Å². The summed E-state index contributed by atoms with van der Waals surface area (Å²) in [6.45, 7) is 5.27. The number of hydrogen-bond donors (Lipinski definition) is 0. The molecule has 0 aliphatic rings. The van der Waals surface area contributed by atoms with Gasteiger partial charge >= 0.3 is 11.9 Å². The molecule has 1 aromatic carbocycles. The molecule has 0 heterocycles. The maximum Gasteiger partial charge on any atom is 0.342 e. The Bertz CT molecular complexity index is 703. The van der Waals surface area contributed by atoms with Gasteiger partial charge in [0.2, 0.25) is 0 Å². The summed E-state index contributed by atoms with van der Waals surface area (Å²) in [5.41, 5.74) is -0.0545. The number of carbonyl (C=O) groups excluding carboxylic acids is 3. The molecule has 0 N–H and O–H groups in total. The second-order valence-electron chi connectivity index (χ2n) is 6.78. The van der Waals surface area contributed by atoms with E-state index in [0.717, 1.165) is 19.4 Å². The highest BCUT2D eigenvalue weighted by Gasteiger charge is 2.23. The van der Waals surface area contributed by atoms with Crippen LogP contribution in [-0.4, -0.2) is 78.2 Å². The Morgan fingerprint density at radius 2 is 1.41 bits per heavy atom. The SMILES string of the molecule is CCCOCCOCCOCCCCC(=O)COc1cccc(C(=O)OC)c1C(=O)OC. The predicted octanol–water partition coefficient (Wildman–Crippen LogP) is 2.84. The Balaban J connectivity index is 2.27. The molecule has 0 saturated heterocycles. The van der Waals surface area contributed by atoms with Crippen LogP contribution in [0.2, 0.25) is 0 Å². The van der Waals surface area contributed by atoms with E-state index >= 15 is 0 Å². The van der Waals surface area contributed by atoms with Gasteiger partial charge in [0.25, 0.3) is 0 Å². The Kier molecular flexibility index (Phi) is 14.7. The number of unbranched alkanes of at least 4 members (excludes halogenated alkanes) is 1. The van der Waals surface area contributed by atoms with Gasteiger partial charge in [0.1, 0.15) is 17.9 Å². The number of benzene rings is 1. The molecule has 0 atom stereocenters. The van der Waals surface area contributed by atoms with Crippen LogP contribution in [0, 0.1) is 0 Å². The molecule has 9 heteroatoms. The lowest BCUT2D eigenvalue weighted by Gasteiger charge is -2.12. The van der Waals surface area contributed by atoms with Crippen molar-refractivity contribution in [2.45, 2.75) is 32.6 Å². The standard InChI is InChI=1S/C23H34O9/c1-4-11-29-13-15-31-16-14-30-12-6-5-8-18(24)17-32-20-10-7-9-19(22(25)27-2)21(20)23(26)28-3/h7,9-10H,4-6,8,11-17H2,1-3H3. The van der Waals surface area contributed by atoms with Gasteiger partial charge in [-0.3, -0.25) is 4.79 Å². The predicted molar refractivity (Wildman–Crippen MR) is 116 cm³/mol. The van der Waals surface area contributed by atoms with Gasteiger partial charge < -0.3 is 28.4 Å². The molecule has 0 spiro atoms. The highest BCUT2D eigenvalue weighted by Crippen LogP contribution is 2.24. The van der Waals surface area contributed by atoms with Gasteiger partial charge in [-0.25, -0.2) is 9.59 Å². The summed E-state index contributed by atoms with van der Waals surface area (Å²) in [5.74, 6) is -1.48. The van der Waals surface area contributed by atoms with Crippen molar-refractivity contribution in [1.29, 1.82) is 0 Å². The number of esters is 2. The van der Waals surface area contributed by atoms with Crippen molar-refractivity contribution >= 4 is 17.7 Å². The average Bonchev–Trinajstić information content (AvgIpc) is 2.82. The zero-order valence-electron chi connectivity index (χ0n) is 19.2. The molecule has 32 heavy (non-hydrogen) atoms. The minimum atomic E-state index is -0.747. The fraction of sp³-hybridized carbons (Fsp3) is 0.609. The maximum absolute atomic E-state index is 12.1. The van der Waals surface area contributed by atoms with Crippen LogP contribution in [0.25, 0.3) is 0 Å². The zero-order valence-corrected chi connectivity index (χ0v) is 19.2. The molecule has 0 saturated carbocycles. The summed E-state index contributed by atoms with van der Waals surface area (Å²) in [5, 5.41) is 0. The van der Waals surface area contributed by atoms with E-state index < -0.39 is 11.9 Å². The van der Waals surface area contributed by atoms with Gasteiger partial charge in [-0.05, 0) is 31.4 Å². The molecule has 0 radical (unpaired) electrons. The van der Waals surface area contributed by atoms with Crippen molar-refractivity contribution in [3.63, 3.8) is 0 Å².